The number of hydrogen-bond donors (Lipinski definition) is 2. The van der Waals surface area contributed by atoms with E-state index in [0.717, 1.165) is 16.7 Å². The van der Waals surface area contributed by atoms with Gasteiger partial charge in [-0.05, 0) is 6.07 Å². The molecule has 7 nitrogen and oxygen atoms in total. The fourth-order valence-electron chi connectivity index (χ4n) is 1.65. The molecule has 3 aromatic heterocycles. The second kappa shape index (κ2) is 4.07. The Morgan fingerprint density at radius 3 is 2.65 bits per heavy atom. The van der Waals surface area contributed by atoms with Crippen molar-refractivity contribution in [3.63, 3.8) is 0 Å². The van der Waals surface area contributed by atoms with Crippen LogP contribution in [0.5, 0.6) is 0 Å². The normalized spacial score (nSPS) is 12.2. The highest BCUT2D eigenvalue weighted by Crippen LogP contribution is 2.32. The molecule has 0 aliphatic carbocycles. The number of hydrogen-bond acceptors (Lipinski definition) is 5. The smallest absolute Gasteiger partial charge is 0.366 e. The van der Waals surface area contributed by atoms with Gasteiger partial charge in [0.2, 0.25) is 11.8 Å². The van der Waals surface area contributed by atoms with Crippen molar-refractivity contribution in [2.75, 3.05) is 5.73 Å². The lowest BCUT2D eigenvalue weighted by molar-refractivity contribution is -0.137. The molecule has 3 heterocycles. The summed E-state index contributed by atoms with van der Waals surface area (Å²) in [5.74, 6) is 0.0532. The number of aromatic amines is 1. The molecule has 20 heavy (non-hydrogen) atoms. The van der Waals surface area contributed by atoms with Crippen LogP contribution in [0.15, 0.2) is 12.3 Å². The van der Waals surface area contributed by atoms with Gasteiger partial charge in [-0.15, -0.1) is 15.3 Å². The number of nitrogens with zero attached hydrogens (tertiary/aromatic N) is 5. The maximum atomic E-state index is 12.8. The molecule has 0 aliphatic rings. The zero-order valence-corrected chi connectivity index (χ0v) is 10.2. The standard InChI is InChI=1S/C9H5ClF3N7/c10-4-1-3(9(11,12)13)2-20-6(4)17-18-7(20)5-15-8(14)19-16-5/h1-2H,(H3,14,15,16,19). The van der Waals surface area contributed by atoms with Gasteiger partial charge in [0.15, 0.2) is 11.5 Å². The van der Waals surface area contributed by atoms with Gasteiger partial charge in [-0.25, -0.2) is 0 Å². The minimum Gasteiger partial charge on any atom is -0.366 e. The second-order valence-corrected chi connectivity index (χ2v) is 4.24. The molecular weight excluding hydrogens is 299 g/mol. The van der Waals surface area contributed by atoms with E-state index in [1.807, 2.05) is 0 Å². The van der Waals surface area contributed by atoms with E-state index in [4.69, 9.17) is 17.3 Å². The summed E-state index contributed by atoms with van der Waals surface area (Å²) >= 11 is 5.78. The lowest BCUT2D eigenvalue weighted by atomic mass is 10.3. The number of aromatic nitrogens is 6. The Hall–Kier alpha value is -2.36. The number of nitrogens with two attached hydrogens (primary N) is 1. The summed E-state index contributed by atoms with van der Waals surface area (Å²) in [6.07, 6.45) is -3.71. The van der Waals surface area contributed by atoms with Gasteiger partial charge in [0.05, 0.1) is 10.6 Å². The van der Waals surface area contributed by atoms with Gasteiger partial charge >= 0.3 is 6.18 Å². The molecule has 0 unspecified atom stereocenters. The van der Waals surface area contributed by atoms with Gasteiger partial charge in [0.25, 0.3) is 0 Å². The molecule has 0 atom stereocenters. The van der Waals surface area contributed by atoms with E-state index in [-0.39, 0.29) is 28.3 Å². The third-order valence-electron chi connectivity index (χ3n) is 2.50. The van der Waals surface area contributed by atoms with E-state index in [1.54, 1.807) is 0 Å². The fourth-order valence-corrected chi connectivity index (χ4v) is 1.89. The number of nitrogen functional groups attached to an aromatic ring is 1. The first-order valence-corrected chi connectivity index (χ1v) is 5.54. The van der Waals surface area contributed by atoms with Crippen LogP contribution in [-0.4, -0.2) is 29.8 Å². The zero-order chi connectivity index (χ0) is 14.5. The number of halogens is 4. The third-order valence-corrected chi connectivity index (χ3v) is 2.78. The zero-order valence-electron chi connectivity index (χ0n) is 9.48. The minimum atomic E-state index is -4.54. The molecule has 0 aromatic carbocycles. The molecule has 0 aliphatic heterocycles. The predicted molar refractivity (Wildman–Crippen MR) is 62.8 cm³/mol. The van der Waals surface area contributed by atoms with Crippen LogP contribution in [0.25, 0.3) is 17.3 Å². The summed E-state index contributed by atoms with van der Waals surface area (Å²) in [7, 11) is 0. The van der Waals surface area contributed by atoms with Crippen LogP contribution in [0.1, 0.15) is 5.56 Å². The summed E-state index contributed by atoms with van der Waals surface area (Å²) in [6, 6.07) is 0.782. The van der Waals surface area contributed by atoms with Gasteiger partial charge in [-0.3, -0.25) is 9.50 Å². The molecule has 0 amide bonds. The van der Waals surface area contributed by atoms with Crippen molar-refractivity contribution in [3.05, 3.63) is 22.8 Å². The molecule has 0 spiro atoms. The summed E-state index contributed by atoms with van der Waals surface area (Å²) in [4.78, 5) is 3.79. The summed E-state index contributed by atoms with van der Waals surface area (Å²) in [5.41, 5.74) is 4.49. The number of alkyl halides is 3. The number of pyridine rings is 1. The van der Waals surface area contributed by atoms with Crippen LogP contribution in [-0.2, 0) is 6.18 Å². The van der Waals surface area contributed by atoms with Crippen LogP contribution in [0, 0.1) is 0 Å². The van der Waals surface area contributed by atoms with Gasteiger partial charge in [-0.1, -0.05) is 11.6 Å². The van der Waals surface area contributed by atoms with Crippen molar-refractivity contribution in [2.24, 2.45) is 0 Å². The molecule has 3 rings (SSSR count). The average Bonchev–Trinajstić information content (AvgIpc) is 2.93. The van der Waals surface area contributed by atoms with Crippen LogP contribution < -0.4 is 5.73 Å². The van der Waals surface area contributed by atoms with Crippen LogP contribution in [0.2, 0.25) is 5.02 Å². The highest BCUT2D eigenvalue weighted by Gasteiger charge is 2.32. The van der Waals surface area contributed by atoms with Gasteiger partial charge < -0.3 is 5.73 Å². The maximum absolute atomic E-state index is 12.8. The molecule has 0 saturated heterocycles. The van der Waals surface area contributed by atoms with Crippen molar-refractivity contribution in [3.8, 4) is 11.6 Å². The monoisotopic (exact) mass is 303 g/mol. The summed E-state index contributed by atoms with van der Waals surface area (Å²) < 4.78 is 39.4. The van der Waals surface area contributed by atoms with Gasteiger partial charge in [-0.2, -0.15) is 18.2 Å². The molecule has 104 valence electrons. The number of anilines is 1. The molecule has 11 heteroatoms. The molecule has 3 aromatic rings. The van der Waals surface area contributed by atoms with Gasteiger partial charge in [0, 0.05) is 6.20 Å². The van der Waals surface area contributed by atoms with E-state index in [9.17, 15) is 13.2 Å². The molecule has 0 bridgehead atoms. The largest absolute Gasteiger partial charge is 0.417 e. The fraction of sp³-hybridized carbons (Fsp3) is 0.111. The van der Waals surface area contributed by atoms with E-state index in [1.165, 1.54) is 0 Å². The Morgan fingerprint density at radius 1 is 1.30 bits per heavy atom. The highest BCUT2D eigenvalue weighted by atomic mass is 35.5. The lowest BCUT2D eigenvalue weighted by Gasteiger charge is -2.08. The first kappa shape index (κ1) is 12.7. The molecule has 0 radical (unpaired) electrons. The number of H-pyrrole nitrogens is 1. The van der Waals surface area contributed by atoms with Crippen molar-refractivity contribution in [1.29, 1.82) is 0 Å². The number of fused-ring (bicyclic) bond motifs is 1. The molecule has 3 N–H and O–H groups in total. The number of nitrogens with one attached hydrogen (secondary N) is 1. The van der Waals surface area contributed by atoms with Crippen molar-refractivity contribution < 1.29 is 13.2 Å². The van der Waals surface area contributed by atoms with Crippen LogP contribution in [0.4, 0.5) is 19.1 Å². The first-order valence-electron chi connectivity index (χ1n) is 5.16. The molecule has 0 saturated carbocycles. The van der Waals surface area contributed by atoms with E-state index < -0.39 is 11.7 Å². The van der Waals surface area contributed by atoms with Crippen LogP contribution in [0.3, 0.4) is 0 Å². The van der Waals surface area contributed by atoms with Crippen LogP contribution >= 0.6 is 11.6 Å². The van der Waals surface area contributed by atoms with Crippen molar-refractivity contribution in [1.82, 2.24) is 29.8 Å². The van der Waals surface area contributed by atoms with Crippen molar-refractivity contribution >= 4 is 23.2 Å². The Kier molecular flexibility index (Phi) is 2.57. The van der Waals surface area contributed by atoms with E-state index in [2.05, 4.69) is 25.4 Å². The quantitative estimate of drug-likeness (QED) is 0.714. The van der Waals surface area contributed by atoms with Gasteiger partial charge in [0.1, 0.15) is 0 Å². The lowest BCUT2D eigenvalue weighted by Crippen LogP contribution is -2.07. The third kappa shape index (κ3) is 1.93. The Morgan fingerprint density at radius 2 is 2.05 bits per heavy atom. The Bertz CT molecular complexity index is 791. The SMILES string of the molecule is Nc1n[nH]c(-c2nnc3c(Cl)cc(C(F)(F)F)cn23)n1. The summed E-state index contributed by atoms with van der Waals surface area (Å²) in [5, 5.41) is 13.3. The number of rotatable bonds is 1. The first-order chi connectivity index (χ1) is 9.36. The highest BCUT2D eigenvalue weighted by molar-refractivity contribution is 6.33. The molecular formula is C9H5ClF3N7. The maximum Gasteiger partial charge on any atom is 0.417 e. The topological polar surface area (TPSA) is 97.8 Å². The second-order valence-electron chi connectivity index (χ2n) is 3.83. The Labute approximate surface area is 113 Å². The van der Waals surface area contributed by atoms with E-state index >= 15 is 0 Å². The average molecular weight is 304 g/mol. The molecule has 0 fully saturated rings. The van der Waals surface area contributed by atoms with E-state index in [0.29, 0.717) is 0 Å². The Balaban J connectivity index is 2.27. The van der Waals surface area contributed by atoms with Crippen molar-refractivity contribution in [2.45, 2.75) is 6.18 Å². The minimum absolute atomic E-state index is 0.0252. The predicted octanol–water partition coefficient (Wildman–Crippen LogP) is 1.77. The summed E-state index contributed by atoms with van der Waals surface area (Å²) in [6.45, 7) is 0.